The molecule has 0 radical (unpaired) electrons. The maximum Gasteiger partial charge on any atom is 0.418 e. The van der Waals surface area contributed by atoms with Crippen LogP contribution in [0.25, 0.3) is 0 Å². The summed E-state index contributed by atoms with van der Waals surface area (Å²) < 4.78 is 59.6. The predicted octanol–water partition coefficient (Wildman–Crippen LogP) is 5.50. The Labute approximate surface area is 181 Å². The van der Waals surface area contributed by atoms with Gasteiger partial charge in [0.1, 0.15) is 5.82 Å². The van der Waals surface area contributed by atoms with Crippen molar-refractivity contribution < 1.29 is 31.9 Å². The monoisotopic (exact) mass is 446 g/mol. The van der Waals surface area contributed by atoms with Crippen LogP contribution in [0.3, 0.4) is 0 Å². The van der Waals surface area contributed by atoms with Crippen molar-refractivity contribution >= 4 is 23.2 Å². The fourth-order valence-corrected chi connectivity index (χ4v) is 2.97. The molecular formula is C23H18F4N2O3. The highest BCUT2D eigenvalue weighted by molar-refractivity contribution is 6.06. The first-order valence-corrected chi connectivity index (χ1v) is 9.35. The second kappa shape index (κ2) is 9.61. The third kappa shape index (κ3) is 5.50. The molecule has 0 heterocycles. The topological polar surface area (TPSA) is 67.4 Å². The molecule has 0 saturated heterocycles. The maximum atomic E-state index is 13.8. The molecular weight excluding hydrogens is 428 g/mol. The minimum atomic E-state index is -4.82. The number of hydrogen-bond donors (Lipinski definition) is 2. The van der Waals surface area contributed by atoms with Crippen LogP contribution in [0.15, 0.2) is 66.7 Å². The number of rotatable bonds is 6. The number of nitrogens with one attached hydrogen (secondary N) is 2. The number of anilines is 2. The molecule has 3 aromatic rings. The van der Waals surface area contributed by atoms with Gasteiger partial charge in [-0.1, -0.05) is 24.3 Å². The Bertz CT molecular complexity index is 1150. The van der Waals surface area contributed by atoms with Crippen molar-refractivity contribution in [1.29, 1.82) is 0 Å². The molecule has 5 nitrogen and oxygen atoms in total. The van der Waals surface area contributed by atoms with Crippen LogP contribution in [0.4, 0.5) is 28.9 Å². The quantitative estimate of drug-likeness (QED) is 0.492. The summed E-state index contributed by atoms with van der Waals surface area (Å²) in [5.41, 5.74) is -1.32. The first-order chi connectivity index (χ1) is 15.2. The fraction of sp³-hybridized carbons (Fsp3) is 0.130. The lowest BCUT2D eigenvalue weighted by molar-refractivity contribution is -0.136. The Hall–Kier alpha value is -3.72. The molecule has 0 fully saturated rings. The van der Waals surface area contributed by atoms with Crippen LogP contribution >= 0.6 is 0 Å². The van der Waals surface area contributed by atoms with E-state index in [1.807, 2.05) is 0 Å². The maximum absolute atomic E-state index is 13.8. The molecule has 32 heavy (non-hydrogen) atoms. The first-order valence-electron chi connectivity index (χ1n) is 9.35. The lowest BCUT2D eigenvalue weighted by Crippen LogP contribution is -2.18. The highest BCUT2D eigenvalue weighted by Crippen LogP contribution is 2.37. The minimum Gasteiger partial charge on any atom is -0.380 e. The van der Waals surface area contributed by atoms with E-state index in [2.05, 4.69) is 10.6 Å². The average Bonchev–Trinajstić information content (AvgIpc) is 2.74. The van der Waals surface area contributed by atoms with Crippen molar-refractivity contribution in [3.63, 3.8) is 0 Å². The van der Waals surface area contributed by atoms with Crippen molar-refractivity contribution in [2.45, 2.75) is 12.8 Å². The number of alkyl halides is 3. The van der Waals surface area contributed by atoms with Crippen molar-refractivity contribution in [3.05, 3.63) is 94.8 Å². The summed E-state index contributed by atoms with van der Waals surface area (Å²) in [6.07, 6.45) is -4.82. The number of carbonyl (C=O) groups is 2. The smallest absolute Gasteiger partial charge is 0.380 e. The Kier molecular flexibility index (Phi) is 6.89. The summed E-state index contributed by atoms with van der Waals surface area (Å²) in [5.74, 6) is -2.44. The third-order valence-electron chi connectivity index (χ3n) is 4.45. The summed E-state index contributed by atoms with van der Waals surface area (Å²) in [6.45, 7) is 0.241. The van der Waals surface area contributed by atoms with Gasteiger partial charge in [0.25, 0.3) is 11.8 Å². The normalized spacial score (nSPS) is 11.2. The second-order valence-electron chi connectivity index (χ2n) is 6.78. The van der Waals surface area contributed by atoms with Crippen molar-refractivity contribution in [2.24, 2.45) is 0 Å². The fourth-order valence-electron chi connectivity index (χ4n) is 2.97. The molecule has 3 rings (SSSR count). The number of carbonyl (C=O) groups excluding carboxylic acids is 2. The zero-order chi connectivity index (χ0) is 23.3. The van der Waals surface area contributed by atoms with Crippen molar-refractivity contribution in [2.75, 3.05) is 17.7 Å². The van der Waals surface area contributed by atoms with E-state index in [1.165, 1.54) is 43.5 Å². The number of hydrogen-bond acceptors (Lipinski definition) is 3. The van der Waals surface area contributed by atoms with E-state index in [0.717, 1.165) is 12.1 Å². The molecule has 0 bridgehead atoms. The van der Waals surface area contributed by atoms with E-state index >= 15 is 0 Å². The van der Waals surface area contributed by atoms with Crippen LogP contribution < -0.4 is 10.6 Å². The van der Waals surface area contributed by atoms with Gasteiger partial charge in [-0.3, -0.25) is 9.59 Å². The molecule has 166 valence electrons. The van der Waals surface area contributed by atoms with Gasteiger partial charge >= 0.3 is 6.18 Å². The standard InChI is InChI=1S/C23H18F4N2O3/c1-32-13-14-5-4-6-15(11-14)21(30)29-20-10-9-16(12-18(20)23(25,26)27)28-22(31)17-7-2-3-8-19(17)24/h2-12H,13H2,1H3,(H,28,31)(H,29,30). The highest BCUT2D eigenvalue weighted by Gasteiger charge is 2.34. The van der Waals surface area contributed by atoms with Crippen LogP contribution in [0, 0.1) is 5.82 Å². The van der Waals surface area contributed by atoms with E-state index in [0.29, 0.717) is 11.6 Å². The molecule has 9 heteroatoms. The van der Waals surface area contributed by atoms with Crippen LogP contribution in [-0.2, 0) is 17.5 Å². The van der Waals surface area contributed by atoms with Crippen molar-refractivity contribution in [1.82, 2.24) is 0 Å². The number of methoxy groups -OCH3 is 1. The van der Waals surface area contributed by atoms with Gasteiger partial charge in [0.05, 0.1) is 23.4 Å². The number of halogens is 4. The lowest BCUT2D eigenvalue weighted by Gasteiger charge is -2.16. The second-order valence-corrected chi connectivity index (χ2v) is 6.78. The van der Waals surface area contributed by atoms with E-state index in [9.17, 15) is 27.2 Å². The Balaban J connectivity index is 1.86. The number of amides is 2. The molecule has 0 aliphatic rings. The van der Waals surface area contributed by atoms with E-state index in [-0.39, 0.29) is 23.4 Å². The Morgan fingerprint density at radius 3 is 2.34 bits per heavy atom. The van der Waals surface area contributed by atoms with Gasteiger partial charge in [0, 0.05) is 18.4 Å². The molecule has 3 aromatic carbocycles. The van der Waals surface area contributed by atoms with Crippen LogP contribution in [0.1, 0.15) is 31.8 Å². The molecule has 0 aliphatic heterocycles. The number of ether oxygens (including phenoxy) is 1. The SMILES string of the molecule is COCc1cccc(C(=O)Nc2ccc(NC(=O)c3ccccc3F)cc2C(F)(F)F)c1. The zero-order valence-corrected chi connectivity index (χ0v) is 16.8. The summed E-state index contributed by atoms with van der Waals surface area (Å²) >= 11 is 0. The summed E-state index contributed by atoms with van der Waals surface area (Å²) in [5, 5.41) is 4.49. The average molecular weight is 446 g/mol. The van der Waals surface area contributed by atoms with Gasteiger partial charge in [-0.25, -0.2) is 4.39 Å². The van der Waals surface area contributed by atoms with E-state index < -0.39 is 35.1 Å². The van der Waals surface area contributed by atoms with Crippen molar-refractivity contribution in [3.8, 4) is 0 Å². The van der Waals surface area contributed by atoms with Gasteiger partial charge in [0.2, 0.25) is 0 Å². The summed E-state index contributed by atoms with van der Waals surface area (Å²) in [4.78, 5) is 24.7. The number of benzene rings is 3. The molecule has 0 saturated carbocycles. The summed E-state index contributed by atoms with van der Waals surface area (Å²) in [6, 6.07) is 14.3. The Morgan fingerprint density at radius 1 is 0.906 bits per heavy atom. The lowest BCUT2D eigenvalue weighted by atomic mass is 10.1. The van der Waals surface area contributed by atoms with Crippen LogP contribution in [0.2, 0.25) is 0 Å². The molecule has 0 atom stereocenters. The summed E-state index contributed by atoms with van der Waals surface area (Å²) in [7, 11) is 1.48. The largest absolute Gasteiger partial charge is 0.418 e. The van der Waals surface area contributed by atoms with E-state index in [4.69, 9.17) is 4.74 Å². The highest BCUT2D eigenvalue weighted by atomic mass is 19.4. The van der Waals surface area contributed by atoms with Gasteiger partial charge in [-0.2, -0.15) is 13.2 Å². The molecule has 0 unspecified atom stereocenters. The van der Waals surface area contributed by atoms with Crippen LogP contribution in [-0.4, -0.2) is 18.9 Å². The van der Waals surface area contributed by atoms with Gasteiger partial charge in [-0.05, 0) is 48.0 Å². The zero-order valence-electron chi connectivity index (χ0n) is 16.8. The van der Waals surface area contributed by atoms with Gasteiger partial charge in [-0.15, -0.1) is 0 Å². The molecule has 0 aromatic heterocycles. The Morgan fingerprint density at radius 2 is 1.66 bits per heavy atom. The molecule has 2 amide bonds. The van der Waals surface area contributed by atoms with E-state index in [1.54, 1.807) is 12.1 Å². The van der Waals surface area contributed by atoms with Gasteiger partial charge in [0.15, 0.2) is 0 Å². The molecule has 0 aliphatic carbocycles. The van der Waals surface area contributed by atoms with Gasteiger partial charge < -0.3 is 15.4 Å². The third-order valence-corrected chi connectivity index (χ3v) is 4.45. The predicted molar refractivity (Wildman–Crippen MR) is 111 cm³/mol. The van der Waals surface area contributed by atoms with Crippen LogP contribution in [0.5, 0.6) is 0 Å². The molecule has 0 spiro atoms. The minimum absolute atomic E-state index is 0.157. The molecule has 2 N–H and O–H groups in total. The first kappa shape index (κ1) is 23.0.